The molecule has 0 saturated heterocycles. The molecule has 1 aromatic heterocycles. The van der Waals surface area contributed by atoms with Crippen LogP contribution in [0.2, 0.25) is 5.02 Å². The molecule has 134 valence electrons. The second-order valence-corrected chi connectivity index (χ2v) is 8.10. The summed E-state index contributed by atoms with van der Waals surface area (Å²) in [4.78, 5) is 12.5. The topological polar surface area (TPSA) is 76.4 Å². The van der Waals surface area contributed by atoms with Gasteiger partial charge in [-0.2, -0.15) is 0 Å². The summed E-state index contributed by atoms with van der Waals surface area (Å²) in [5, 5.41) is 3.25. The normalized spacial score (nSPS) is 11.3. The SMILES string of the molecule is Cc1c(Cl)cccc1NC(=O)c1ccc(CS(=O)(=O)c2ccccc2)o1. The van der Waals surface area contributed by atoms with Crippen LogP contribution in [0.5, 0.6) is 0 Å². The predicted molar refractivity (Wildman–Crippen MR) is 100 cm³/mol. The highest BCUT2D eigenvalue weighted by molar-refractivity contribution is 7.90. The van der Waals surface area contributed by atoms with Crippen LogP contribution in [0.25, 0.3) is 0 Å². The highest BCUT2D eigenvalue weighted by Gasteiger charge is 2.19. The Labute approximate surface area is 156 Å². The average Bonchev–Trinajstić information content (AvgIpc) is 3.07. The van der Waals surface area contributed by atoms with E-state index in [9.17, 15) is 13.2 Å². The van der Waals surface area contributed by atoms with Crippen molar-refractivity contribution in [3.8, 4) is 0 Å². The predicted octanol–water partition coefficient (Wildman–Crippen LogP) is 4.47. The van der Waals surface area contributed by atoms with E-state index in [-0.39, 0.29) is 22.2 Å². The van der Waals surface area contributed by atoms with E-state index in [0.29, 0.717) is 10.7 Å². The van der Waals surface area contributed by atoms with Crippen LogP contribution in [-0.2, 0) is 15.6 Å². The number of amides is 1. The lowest BCUT2D eigenvalue weighted by atomic mass is 10.2. The van der Waals surface area contributed by atoms with Gasteiger partial charge in [-0.25, -0.2) is 8.42 Å². The molecule has 0 aliphatic heterocycles. The zero-order valence-electron chi connectivity index (χ0n) is 13.9. The molecular formula is C19H16ClNO4S. The van der Waals surface area contributed by atoms with E-state index in [1.165, 1.54) is 24.3 Å². The Hall–Kier alpha value is -2.57. The maximum absolute atomic E-state index is 12.4. The fourth-order valence-electron chi connectivity index (χ4n) is 2.40. The van der Waals surface area contributed by atoms with Crippen LogP contribution in [0.15, 0.2) is 70.0 Å². The van der Waals surface area contributed by atoms with Crippen LogP contribution in [0.3, 0.4) is 0 Å². The van der Waals surface area contributed by atoms with Gasteiger partial charge in [0.1, 0.15) is 11.5 Å². The van der Waals surface area contributed by atoms with Gasteiger partial charge < -0.3 is 9.73 Å². The molecule has 1 amide bonds. The smallest absolute Gasteiger partial charge is 0.291 e. The first-order valence-electron chi connectivity index (χ1n) is 7.80. The first-order chi connectivity index (χ1) is 12.4. The van der Waals surface area contributed by atoms with Crippen LogP contribution in [0, 0.1) is 6.92 Å². The van der Waals surface area contributed by atoms with E-state index in [4.69, 9.17) is 16.0 Å². The summed E-state index contributed by atoms with van der Waals surface area (Å²) in [6.07, 6.45) is 0. The number of nitrogens with one attached hydrogen (secondary N) is 1. The van der Waals surface area contributed by atoms with Gasteiger partial charge in [-0.3, -0.25) is 4.79 Å². The largest absolute Gasteiger partial charge is 0.455 e. The van der Waals surface area contributed by atoms with E-state index >= 15 is 0 Å². The zero-order chi connectivity index (χ0) is 18.7. The highest BCUT2D eigenvalue weighted by atomic mass is 35.5. The van der Waals surface area contributed by atoms with Crippen molar-refractivity contribution in [2.45, 2.75) is 17.6 Å². The first kappa shape index (κ1) is 18.2. The molecule has 0 atom stereocenters. The van der Waals surface area contributed by atoms with Crippen LogP contribution in [0.1, 0.15) is 21.9 Å². The van der Waals surface area contributed by atoms with E-state index in [0.717, 1.165) is 5.56 Å². The van der Waals surface area contributed by atoms with E-state index in [2.05, 4.69) is 5.32 Å². The average molecular weight is 390 g/mol. The van der Waals surface area contributed by atoms with Gasteiger partial charge in [0.2, 0.25) is 0 Å². The third-order valence-electron chi connectivity index (χ3n) is 3.84. The number of anilines is 1. The summed E-state index contributed by atoms with van der Waals surface area (Å²) in [6.45, 7) is 1.79. The molecule has 7 heteroatoms. The minimum Gasteiger partial charge on any atom is -0.455 e. The maximum Gasteiger partial charge on any atom is 0.291 e. The van der Waals surface area contributed by atoms with Gasteiger partial charge in [0.15, 0.2) is 15.6 Å². The third kappa shape index (κ3) is 3.98. The maximum atomic E-state index is 12.4. The fourth-order valence-corrected chi connectivity index (χ4v) is 3.85. The number of benzene rings is 2. The summed E-state index contributed by atoms with van der Waals surface area (Å²) < 4.78 is 30.2. The Kier molecular flexibility index (Phi) is 5.15. The van der Waals surface area contributed by atoms with Crippen molar-refractivity contribution in [2.75, 3.05) is 5.32 Å². The number of sulfone groups is 1. The van der Waals surface area contributed by atoms with Crippen molar-refractivity contribution < 1.29 is 17.6 Å². The molecule has 26 heavy (non-hydrogen) atoms. The molecule has 0 saturated carbocycles. The van der Waals surface area contributed by atoms with Crippen LogP contribution >= 0.6 is 11.6 Å². The monoisotopic (exact) mass is 389 g/mol. The molecule has 0 bridgehead atoms. The van der Waals surface area contributed by atoms with Crippen molar-refractivity contribution in [1.82, 2.24) is 0 Å². The Bertz CT molecular complexity index is 1040. The van der Waals surface area contributed by atoms with Crippen LogP contribution in [-0.4, -0.2) is 14.3 Å². The quantitative estimate of drug-likeness (QED) is 0.698. The number of furan rings is 1. The number of hydrogen-bond acceptors (Lipinski definition) is 4. The Morgan fingerprint density at radius 1 is 1.04 bits per heavy atom. The fraction of sp³-hybridized carbons (Fsp3) is 0.105. The van der Waals surface area contributed by atoms with Gasteiger partial charge in [-0.05, 0) is 48.9 Å². The summed E-state index contributed by atoms with van der Waals surface area (Å²) in [5.41, 5.74) is 1.30. The van der Waals surface area contributed by atoms with Crippen LogP contribution in [0.4, 0.5) is 5.69 Å². The Morgan fingerprint density at radius 3 is 2.50 bits per heavy atom. The highest BCUT2D eigenvalue weighted by Crippen LogP contribution is 2.24. The standard InChI is InChI=1S/C19H16ClNO4S/c1-13-16(20)8-5-9-17(13)21-19(22)18-11-10-14(25-18)12-26(23,24)15-6-3-2-4-7-15/h2-11H,12H2,1H3,(H,21,22). The van der Waals surface area contributed by atoms with Crippen molar-refractivity contribution in [1.29, 1.82) is 0 Å². The van der Waals surface area contributed by atoms with Gasteiger partial charge in [-0.15, -0.1) is 0 Å². The first-order valence-corrected chi connectivity index (χ1v) is 9.83. The lowest BCUT2D eigenvalue weighted by molar-refractivity contribution is 0.0995. The second-order valence-electron chi connectivity index (χ2n) is 5.70. The minimum absolute atomic E-state index is 0.0302. The zero-order valence-corrected chi connectivity index (χ0v) is 15.5. The molecule has 5 nitrogen and oxygen atoms in total. The lowest BCUT2D eigenvalue weighted by Crippen LogP contribution is -2.12. The van der Waals surface area contributed by atoms with Crippen molar-refractivity contribution >= 4 is 33.0 Å². The number of carbonyl (C=O) groups is 1. The molecule has 0 fully saturated rings. The van der Waals surface area contributed by atoms with Gasteiger partial charge in [0.05, 0.1) is 4.90 Å². The molecule has 3 aromatic rings. The summed E-state index contributed by atoms with van der Waals surface area (Å²) in [7, 11) is -3.54. The molecule has 0 spiro atoms. The van der Waals surface area contributed by atoms with Crippen molar-refractivity contribution in [2.24, 2.45) is 0 Å². The summed E-state index contributed by atoms with van der Waals surface area (Å²) in [5.74, 6) is -0.566. The molecule has 2 aromatic carbocycles. The van der Waals surface area contributed by atoms with Gasteiger partial charge in [0.25, 0.3) is 5.91 Å². The van der Waals surface area contributed by atoms with Crippen LogP contribution < -0.4 is 5.32 Å². The van der Waals surface area contributed by atoms with Gasteiger partial charge >= 0.3 is 0 Å². The van der Waals surface area contributed by atoms with E-state index < -0.39 is 15.7 Å². The Balaban J connectivity index is 1.75. The molecule has 3 rings (SSSR count). The van der Waals surface area contributed by atoms with Crippen molar-refractivity contribution in [3.05, 3.63) is 82.8 Å². The lowest BCUT2D eigenvalue weighted by Gasteiger charge is -2.08. The molecular weight excluding hydrogens is 374 g/mol. The molecule has 0 radical (unpaired) electrons. The molecule has 0 aliphatic carbocycles. The molecule has 0 unspecified atom stereocenters. The Morgan fingerprint density at radius 2 is 1.77 bits per heavy atom. The number of halogens is 1. The van der Waals surface area contributed by atoms with Gasteiger partial charge in [0, 0.05) is 10.7 Å². The van der Waals surface area contributed by atoms with E-state index in [1.807, 2.05) is 0 Å². The van der Waals surface area contributed by atoms with E-state index in [1.54, 1.807) is 43.3 Å². The summed E-state index contributed by atoms with van der Waals surface area (Å²) >= 11 is 6.04. The minimum atomic E-state index is -3.54. The molecule has 1 heterocycles. The van der Waals surface area contributed by atoms with Crippen molar-refractivity contribution in [3.63, 3.8) is 0 Å². The second kappa shape index (κ2) is 7.35. The molecule has 1 N–H and O–H groups in total. The molecule has 0 aliphatic rings. The number of hydrogen-bond donors (Lipinski definition) is 1. The number of rotatable bonds is 5. The van der Waals surface area contributed by atoms with Gasteiger partial charge in [-0.1, -0.05) is 35.9 Å². The summed E-state index contributed by atoms with van der Waals surface area (Å²) in [6, 6.07) is 16.2. The number of carbonyl (C=O) groups excluding carboxylic acids is 1. The third-order valence-corrected chi connectivity index (χ3v) is 5.90.